The molecule has 2 amide bonds. The average Bonchev–Trinajstić information content (AvgIpc) is 3.32. The third kappa shape index (κ3) is 5.44. The lowest BCUT2D eigenvalue weighted by Gasteiger charge is -2.30. The molecule has 0 atom stereocenters. The molecule has 9 heteroatoms. The summed E-state index contributed by atoms with van der Waals surface area (Å²) < 4.78 is 9.84. The van der Waals surface area contributed by atoms with E-state index < -0.39 is 5.97 Å². The van der Waals surface area contributed by atoms with Crippen LogP contribution in [0.2, 0.25) is 0 Å². The molecule has 0 radical (unpaired) electrons. The number of likely N-dealkylation sites (tertiary alicyclic amines) is 1. The molecule has 0 bridgehead atoms. The van der Waals surface area contributed by atoms with E-state index in [1.54, 1.807) is 29.2 Å². The van der Waals surface area contributed by atoms with Gasteiger partial charge >= 0.3 is 11.9 Å². The Bertz CT molecular complexity index is 902. The molecule has 1 aliphatic heterocycles. The van der Waals surface area contributed by atoms with E-state index in [1.807, 2.05) is 5.38 Å². The Morgan fingerprint density at radius 3 is 2.40 bits per heavy atom. The van der Waals surface area contributed by atoms with E-state index in [0.29, 0.717) is 36.5 Å². The molecule has 8 nitrogen and oxygen atoms in total. The van der Waals surface area contributed by atoms with Crippen LogP contribution in [0.5, 0.6) is 0 Å². The van der Waals surface area contributed by atoms with Crippen LogP contribution in [0.25, 0.3) is 0 Å². The maximum Gasteiger partial charge on any atom is 0.338 e. The third-order valence-electron chi connectivity index (χ3n) is 4.83. The number of anilines is 1. The van der Waals surface area contributed by atoms with Crippen molar-refractivity contribution in [3.63, 3.8) is 0 Å². The highest BCUT2D eigenvalue weighted by Gasteiger charge is 2.28. The fourth-order valence-corrected chi connectivity index (χ4v) is 3.74. The summed E-state index contributed by atoms with van der Waals surface area (Å²) in [5.74, 6) is -1.60. The van der Waals surface area contributed by atoms with Gasteiger partial charge in [0, 0.05) is 18.8 Å². The Balaban J connectivity index is 1.45. The third-order valence-corrected chi connectivity index (χ3v) is 5.70. The summed E-state index contributed by atoms with van der Waals surface area (Å²) in [6.07, 6.45) is 1.07. The van der Waals surface area contributed by atoms with Crippen molar-refractivity contribution in [2.75, 3.05) is 32.1 Å². The van der Waals surface area contributed by atoms with E-state index in [2.05, 4.69) is 5.32 Å². The molecular weight excluding hydrogens is 408 g/mol. The van der Waals surface area contributed by atoms with Crippen LogP contribution in [0.4, 0.5) is 5.69 Å². The predicted octanol–water partition coefficient (Wildman–Crippen LogP) is 2.57. The van der Waals surface area contributed by atoms with Gasteiger partial charge in [0.15, 0.2) is 6.61 Å². The minimum absolute atomic E-state index is 0.194. The minimum atomic E-state index is -0.621. The Kier molecular flexibility index (Phi) is 7.18. The average molecular weight is 430 g/mol. The van der Waals surface area contributed by atoms with Crippen molar-refractivity contribution >= 4 is 40.8 Å². The van der Waals surface area contributed by atoms with Crippen molar-refractivity contribution < 1.29 is 28.7 Å². The monoisotopic (exact) mass is 430 g/mol. The number of piperidine rings is 1. The number of methoxy groups -OCH3 is 1. The summed E-state index contributed by atoms with van der Waals surface area (Å²) in [5, 5.41) is 4.56. The number of nitrogens with one attached hydrogen (secondary N) is 1. The second-order valence-corrected chi connectivity index (χ2v) is 7.71. The molecule has 0 saturated carbocycles. The molecule has 0 aliphatic carbocycles. The van der Waals surface area contributed by atoms with E-state index in [1.165, 1.54) is 30.6 Å². The van der Waals surface area contributed by atoms with Crippen molar-refractivity contribution in [1.82, 2.24) is 4.90 Å². The van der Waals surface area contributed by atoms with E-state index in [0.717, 1.165) is 0 Å². The van der Waals surface area contributed by atoms with Crippen LogP contribution in [0.15, 0.2) is 41.8 Å². The molecule has 1 N–H and O–H groups in total. The van der Waals surface area contributed by atoms with Crippen molar-refractivity contribution in [2.24, 2.45) is 5.92 Å². The van der Waals surface area contributed by atoms with Gasteiger partial charge in [0.1, 0.15) is 0 Å². The molecule has 2 heterocycles. The van der Waals surface area contributed by atoms with Gasteiger partial charge in [-0.05, 0) is 48.6 Å². The van der Waals surface area contributed by atoms with Crippen LogP contribution < -0.4 is 5.32 Å². The topological polar surface area (TPSA) is 102 Å². The summed E-state index contributed by atoms with van der Waals surface area (Å²) in [5.41, 5.74) is 0.829. The number of rotatable bonds is 6. The summed E-state index contributed by atoms with van der Waals surface area (Å²) in [6.45, 7) is 0.488. The largest absolute Gasteiger partial charge is 0.469 e. The molecule has 0 unspecified atom stereocenters. The minimum Gasteiger partial charge on any atom is -0.469 e. The Morgan fingerprint density at radius 1 is 1.10 bits per heavy atom. The van der Waals surface area contributed by atoms with Crippen LogP contribution in [-0.2, 0) is 19.1 Å². The Labute approximate surface area is 177 Å². The normalized spacial score (nSPS) is 14.1. The highest BCUT2D eigenvalue weighted by Crippen LogP contribution is 2.19. The van der Waals surface area contributed by atoms with Gasteiger partial charge in [0.25, 0.3) is 11.8 Å². The number of carbonyl (C=O) groups excluding carboxylic acids is 4. The number of thiophene rings is 1. The number of benzene rings is 1. The lowest BCUT2D eigenvalue weighted by Crippen LogP contribution is -2.42. The van der Waals surface area contributed by atoms with Crippen LogP contribution in [-0.4, -0.2) is 55.5 Å². The Morgan fingerprint density at radius 2 is 1.80 bits per heavy atom. The SMILES string of the molecule is COC(=O)C1CCN(C(=O)COC(=O)c2ccc(NC(=O)c3cccs3)cc2)CC1. The molecule has 3 rings (SSSR count). The zero-order chi connectivity index (χ0) is 21.5. The lowest BCUT2D eigenvalue weighted by molar-refractivity contribution is -0.149. The van der Waals surface area contributed by atoms with Gasteiger partial charge in [0.2, 0.25) is 0 Å². The molecule has 2 aromatic rings. The zero-order valence-corrected chi connectivity index (χ0v) is 17.3. The van der Waals surface area contributed by atoms with Crippen LogP contribution in [0, 0.1) is 5.92 Å². The van der Waals surface area contributed by atoms with Crippen LogP contribution in [0.1, 0.15) is 32.9 Å². The fourth-order valence-electron chi connectivity index (χ4n) is 3.12. The highest BCUT2D eigenvalue weighted by atomic mass is 32.1. The molecule has 158 valence electrons. The molecular formula is C21H22N2O6S. The van der Waals surface area contributed by atoms with Gasteiger partial charge in [-0.15, -0.1) is 11.3 Å². The zero-order valence-electron chi connectivity index (χ0n) is 16.5. The van der Waals surface area contributed by atoms with Gasteiger partial charge in [-0.25, -0.2) is 4.79 Å². The molecule has 30 heavy (non-hydrogen) atoms. The number of esters is 2. The first-order chi connectivity index (χ1) is 14.5. The first-order valence-electron chi connectivity index (χ1n) is 9.45. The van der Waals surface area contributed by atoms with Gasteiger partial charge < -0.3 is 19.7 Å². The van der Waals surface area contributed by atoms with E-state index in [4.69, 9.17) is 9.47 Å². The molecule has 0 spiro atoms. The number of ether oxygens (including phenoxy) is 2. The molecule has 1 fully saturated rings. The van der Waals surface area contributed by atoms with Gasteiger partial charge in [-0.3, -0.25) is 14.4 Å². The van der Waals surface area contributed by atoms with Crippen LogP contribution >= 0.6 is 11.3 Å². The maximum atomic E-state index is 12.3. The van der Waals surface area contributed by atoms with E-state index >= 15 is 0 Å². The molecule has 1 aromatic carbocycles. The van der Waals surface area contributed by atoms with Gasteiger partial charge in [0.05, 0.1) is 23.5 Å². The number of nitrogens with zero attached hydrogens (tertiary/aromatic N) is 1. The highest BCUT2D eigenvalue weighted by molar-refractivity contribution is 7.12. The fraction of sp³-hybridized carbons (Fsp3) is 0.333. The quantitative estimate of drug-likeness (QED) is 0.707. The predicted molar refractivity (Wildman–Crippen MR) is 110 cm³/mol. The van der Waals surface area contributed by atoms with Crippen molar-refractivity contribution in [3.8, 4) is 0 Å². The molecule has 1 aliphatic rings. The Hall–Kier alpha value is -3.20. The maximum absolute atomic E-state index is 12.3. The van der Waals surface area contributed by atoms with Crippen molar-refractivity contribution in [3.05, 3.63) is 52.2 Å². The van der Waals surface area contributed by atoms with Gasteiger partial charge in [-0.1, -0.05) is 6.07 Å². The summed E-state index contributed by atoms with van der Waals surface area (Å²) in [4.78, 5) is 50.2. The second kappa shape index (κ2) is 10.0. The van der Waals surface area contributed by atoms with Crippen LogP contribution in [0.3, 0.4) is 0 Å². The number of amides is 2. The summed E-state index contributed by atoms with van der Waals surface area (Å²) in [6, 6.07) is 9.77. The second-order valence-electron chi connectivity index (χ2n) is 6.76. The smallest absolute Gasteiger partial charge is 0.338 e. The molecule has 1 aromatic heterocycles. The standard InChI is InChI=1S/C21H22N2O6S/c1-28-20(26)15-8-10-23(11-9-15)18(24)13-29-21(27)14-4-6-16(7-5-14)22-19(25)17-3-2-12-30-17/h2-7,12,15H,8-11,13H2,1H3,(H,22,25). The van der Waals surface area contributed by atoms with Gasteiger partial charge in [-0.2, -0.15) is 0 Å². The van der Waals surface area contributed by atoms with Crippen molar-refractivity contribution in [2.45, 2.75) is 12.8 Å². The summed E-state index contributed by atoms with van der Waals surface area (Å²) in [7, 11) is 1.35. The first-order valence-corrected chi connectivity index (χ1v) is 10.3. The summed E-state index contributed by atoms with van der Waals surface area (Å²) >= 11 is 1.34. The number of hydrogen-bond acceptors (Lipinski definition) is 7. The number of carbonyl (C=O) groups is 4. The van der Waals surface area contributed by atoms with E-state index in [9.17, 15) is 19.2 Å². The first kappa shape index (κ1) is 21.5. The number of hydrogen-bond donors (Lipinski definition) is 1. The van der Waals surface area contributed by atoms with Crippen molar-refractivity contribution in [1.29, 1.82) is 0 Å². The lowest BCUT2D eigenvalue weighted by atomic mass is 9.97. The molecule has 1 saturated heterocycles. The van der Waals surface area contributed by atoms with E-state index in [-0.39, 0.29) is 35.9 Å².